The molecule has 1 heterocycles. The molecule has 8 heteroatoms. The first-order valence-corrected chi connectivity index (χ1v) is 16.7. The number of carbonyl (C=O) groups is 3. The van der Waals surface area contributed by atoms with E-state index in [2.05, 4.69) is 6.08 Å². The van der Waals surface area contributed by atoms with Crippen molar-refractivity contribution in [3.8, 4) is 11.5 Å². The summed E-state index contributed by atoms with van der Waals surface area (Å²) in [7, 11) is 0. The maximum absolute atomic E-state index is 15.6. The number of fused-ring (bicyclic) bond motifs is 1. The Balaban J connectivity index is 1.70. The maximum atomic E-state index is 15.6. The van der Waals surface area contributed by atoms with Crippen molar-refractivity contribution in [2.24, 2.45) is 33.5 Å². The second kappa shape index (κ2) is 9.86. The number of phenolic OH excluding ortho intramolecular Hbond substituents is 2. The molecule has 1 aromatic rings. The molecule has 8 nitrogen and oxygen atoms in total. The van der Waals surface area contributed by atoms with E-state index in [9.17, 15) is 20.4 Å². The van der Waals surface area contributed by atoms with E-state index in [1.807, 2.05) is 47.6 Å². The average Bonchev–Trinajstić information content (AvgIpc) is 3.33. The van der Waals surface area contributed by atoms with Crippen LogP contribution in [0.1, 0.15) is 111 Å². The molecule has 5 bridgehead atoms. The number of phenols is 2. The first-order valence-electron chi connectivity index (χ1n) is 16.7. The molecular weight excluding hydrogens is 584 g/mol. The lowest BCUT2D eigenvalue weighted by Crippen LogP contribution is -2.83. The van der Waals surface area contributed by atoms with E-state index in [0.717, 1.165) is 17.2 Å². The second-order valence-corrected chi connectivity index (χ2v) is 16.9. The molecular formula is C38H50O8. The highest BCUT2D eigenvalue weighted by molar-refractivity contribution is 6.27. The Hall–Kier alpha value is -2.81. The Labute approximate surface area is 271 Å². The van der Waals surface area contributed by atoms with E-state index in [1.54, 1.807) is 13.8 Å². The minimum Gasteiger partial charge on any atom is -0.504 e. The first-order chi connectivity index (χ1) is 21.1. The standard InChI is InChI=1S/C38H50O8/c1-21(2)9-11-24-17-36-18-25-16-28(32(5,6)44)46-34(25,8)20-37(29(41)23-10-12-26(39)27(40)15-23)31(43)35(30(36)42,14-13-22(3)4)19-33(24,7)38(36,37)45/h9-10,12-13,15,24-25,28,39-40,44-45H,11,14,16-20H2,1-8H3/t24-,25+,28-,33-,34-,35-,36-,37-,38-/m1/s1. The number of aromatic hydroxyl groups is 2. The number of hydrogen-bond acceptors (Lipinski definition) is 8. The molecule has 250 valence electrons. The quantitative estimate of drug-likeness (QED) is 0.124. The molecule has 0 aromatic heterocycles. The summed E-state index contributed by atoms with van der Waals surface area (Å²) in [5, 5.41) is 45.5. The van der Waals surface area contributed by atoms with E-state index in [1.165, 1.54) is 12.1 Å². The normalized spacial score (nSPS) is 42.4. The molecule has 1 saturated heterocycles. The molecule has 5 aliphatic carbocycles. The lowest BCUT2D eigenvalue weighted by Gasteiger charge is -2.69. The SMILES string of the molecule is CC(C)=CC[C@@H]1C[C@]23C[C@@H]4C[C@H](C(C)(C)O)O[C@]4(C)C[C@@]4(C(=O)c5ccc(O)c(O)c5)C(=O)[C@](CC=C(C)C)(C[C@@]1(C)[C@@]24O)C3=O. The zero-order valence-corrected chi connectivity index (χ0v) is 28.5. The largest absolute Gasteiger partial charge is 0.504 e. The molecule has 1 aliphatic heterocycles. The van der Waals surface area contributed by atoms with Gasteiger partial charge in [-0.25, -0.2) is 0 Å². The number of benzene rings is 1. The predicted molar refractivity (Wildman–Crippen MR) is 172 cm³/mol. The molecule has 0 unspecified atom stereocenters. The number of rotatable bonds is 7. The topological polar surface area (TPSA) is 141 Å². The zero-order valence-electron chi connectivity index (χ0n) is 28.5. The summed E-state index contributed by atoms with van der Waals surface area (Å²) in [4.78, 5) is 46.3. The lowest BCUT2D eigenvalue weighted by molar-refractivity contribution is -0.257. The van der Waals surface area contributed by atoms with Crippen LogP contribution >= 0.6 is 0 Å². The second-order valence-electron chi connectivity index (χ2n) is 16.9. The van der Waals surface area contributed by atoms with Gasteiger partial charge in [0.15, 0.2) is 28.8 Å². The summed E-state index contributed by atoms with van der Waals surface area (Å²) < 4.78 is 6.68. The van der Waals surface area contributed by atoms with E-state index in [4.69, 9.17) is 4.74 Å². The number of hydrogen-bond donors (Lipinski definition) is 4. The highest BCUT2D eigenvalue weighted by Crippen LogP contribution is 2.83. The Morgan fingerprint density at radius 2 is 1.63 bits per heavy atom. The van der Waals surface area contributed by atoms with Gasteiger partial charge >= 0.3 is 0 Å². The average molecular weight is 635 g/mol. The van der Waals surface area contributed by atoms with Crippen LogP contribution in [0, 0.1) is 33.5 Å². The summed E-state index contributed by atoms with van der Waals surface area (Å²) in [6.45, 7) is 15.1. The summed E-state index contributed by atoms with van der Waals surface area (Å²) in [5.74, 6) is -2.94. The third kappa shape index (κ3) is 3.87. The van der Waals surface area contributed by atoms with Crippen LogP contribution in [0.5, 0.6) is 11.5 Å². The predicted octanol–water partition coefficient (Wildman–Crippen LogP) is 5.99. The Morgan fingerprint density at radius 3 is 2.22 bits per heavy atom. The van der Waals surface area contributed by atoms with Crippen molar-refractivity contribution in [1.82, 2.24) is 0 Å². The highest BCUT2D eigenvalue weighted by atomic mass is 16.5. The van der Waals surface area contributed by atoms with Gasteiger partial charge in [-0.15, -0.1) is 0 Å². The first kappa shape index (κ1) is 33.1. The third-order valence-corrected chi connectivity index (χ3v) is 13.1. The third-order valence-electron chi connectivity index (χ3n) is 13.1. The van der Waals surface area contributed by atoms with E-state index in [0.29, 0.717) is 19.3 Å². The van der Waals surface area contributed by atoms with Crippen LogP contribution in [-0.4, -0.2) is 60.7 Å². The molecule has 46 heavy (non-hydrogen) atoms. The Bertz CT molecular complexity index is 1590. The van der Waals surface area contributed by atoms with Crippen LogP contribution in [-0.2, 0) is 14.3 Å². The highest BCUT2D eigenvalue weighted by Gasteiger charge is 2.93. The molecule has 5 saturated carbocycles. The van der Waals surface area contributed by atoms with Crippen molar-refractivity contribution in [3.63, 3.8) is 0 Å². The van der Waals surface area contributed by atoms with Gasteiger partial charge in [-0.3, -0.25) is 14.4 Å². The van der Waals surface area contributed by atoms with E-state index in [-0.39, 0.29) is 48.9 Å². The molecule has 1 aromatic carbocycles. The lowest BCUT2D eigenvalue weighted by atomic mass is 9.32. The molecule has 4 N–H and O–H groups in total. The van der Waals surface area contributed by atoms with Crippen LogP contribution in [0.25, 0.3) is 0 Å². The number of allylic oxidation sites excluding steroid dienone is 4. The smallest absolute Gasteiger partial charge is 0.179 e. The molecule has 0 radical (unpaired) electrons. The van der Waals surface area contributed by atoms with Gasteiger partial charge in [-0.05, 0) is 123 Å². The molecule has 0 amide bonds. The van der Waals surface area contributed by atoms with Gasteiger partial charge in [0.25, 0.3) is 0 Å². The monoisotopic (exact) mass is 634 g/mol. The van der Waals surface area contributed by atoms with Crippen LogP contribution in [0.3, 0.4) is 0 Å². The van der Waals surface area contributed by atoms with Crippen molar-refractivity contribution in [2.45, 2.75) is 123 Å². The minimum absolute atomic E-state index is 0.0208. The fraction of sp³-hybridized carbons (Fsp3) is 0.658. The van der Waals surface area contributed by atoms with Gasteiger partial charge in [0.1, 0.15) is 11.0 Å². The Kier molecular flexibility index (Phi) is 7.10. The van der Waals surface area contributed by atoms with Gasteiger partial charge in [0.05, 0.1) is 28.1 Å². The number of carbonyl (C=O) groups excluding carboxylic acids is 3. The van der Waals surface area contributed by atoms with Gasteiger partial charge in [-0.2, -0.15) is 0 Å². The van der Waals surface area contributed by atoms with Crippen molar-refractivity contribution in [3.05, 3.63) is 47.1 Å². The molecule has 6 aliphatic rings. The summed E-state index contributed by atoms with van der Waals surface area (Å²) in [6, 6.07) is 3.72. The fourth-order valence-corrected chi connectivity index (χ4v) is 11.0. The molecule has 7 rings (SSSR count). The van der Waals surface area contributed by atoms with Gasteiger partial charge in [-0.1, -0.05) is 30.2 Å². The maximum Gasteiger partial charge on any atom is 0.179 e. The molecule has 6 fully saturated rings. The van der Waals surface area contributed by atoms with Gasteiger partial charge in [0, 0.05) is 11.0 Å². The zero-order chi connectivity index (χ0) is 34.0. The number of ketones is 3. The van der Waals surface area contributed by atoms with E-state index < -0.39 is 67.6 Å². The van der Waals surface area contributed by atoms with Crippen molar-refractivity contribution < 1.29 is 39.5 Å². The summed E-state index contributed by atoms with van der Waals surface area (Å²) >= 11 is 0. The van der Waals surface area contributed by atoms with Crippen molar-refractivity contribution in [1.29, 1.82) is 0 Å². The van der Waals surface area contributed by atoms with Crippen molar-refractivity contribution in [2.75, 3.05) is 0 Å². The molecule has 0 spiro atoms. The number of aliphatic hydroxyl groups is 2. The van der Waals surface area contributed by atoms with Crippen LogP contribution < -0.4 is 0 Å². The van der Waals surface area contributed by atoms with E-state index >= 15 is 14.4 Å². The van der Waals surface area contributed by atoms with Crippen LogP contribution in [0.15, 0.2) is 41.5 Å². The summed E-state index contributed by atoms with van der Waals surface area (Å²) in [5.41, 5.74) is -8.38. The molecule has 9 atom stereocenters. The number of Topliss-reactive ketones (excluding diaryl/α,β-unsaturated/α-hetero) is 3. The van der Waals surface area contributed by atoms with Gasteiger partial charge < -0.3 is 25.2 Å². The minimum atomic E-state index is -2.09. The van der Waals surface area contributed by atoms with Crippen LogP contribution in [0.2, 0.25) is 0 Å². The van der Waals surface area contributed by atoms with Crippen molar-refractivity contribution >= 4 is 17.3 Å². The number of ether oxygens (including phenoxy) is 1. The Morgan fingerprint density at radius 1 is 0.978 bits per heavy atom. The fourth-order valence-electron chi connectivity index (χ4n) is 11.0. The summed E-state index contributed by atoms with van der Waals surface area (Å²) in [6.07, 6.45) is 5.14. The van der Waals surface area contributed by atoms with Gasteiger partial charge in [0.2, 0.25) is 0 Å². The van der Waals surface area contributed by atoms with Crippen LogP contribution in [0.4, 0.5) is 0 Å².